The third-order valence-electron chi connectivity index (χ3n) is 2.57. The molecule has 10 nitrogen and oxygen atoms in total. The Morgan fingerprint density at radius 1 is 1.60 bits per heavy atom. The zero-order chi connectivity index (χ0) is 14.9. The maximum Gasteiger partial charge on any atom is 0.342 e. The van der Waals surface area contributed by atoms with Crippen LogP contribution in [-0.2, 0) is 17.6 Å². The van der Waals surface area contributed by atoms with Gasteiger partial charge in [0.2, 0.25) is 22.9 Å². The number of nitrogens with zero attached hydrogens (tertiary/aromatic N) is 5. The van der Waals surface area contributed by atoms with Crippen LogP contribution in [0.15, 0.2) is 10.6 Å². The van der Waals surface area contributed by atoms with Crippen LogP contribution in [0.1, 0.15) is 29.8 Å². The zero-order valence-electron chi connectivity index (χ0n) is 10.6. The van der Waals surface area contributed by atoms with Gasteiger partial charge >= 0.3 is 5.82 Å². The molecule has 0 aliphatic carbocycles. The summed E-state index contributed by atoms with van der Waals surface area (Å²) in [5.74, 6) is -0.129. The van der Waals surface area contributed by atoms with E-state index in [-0.39, 0.29) is 30.0 Å². The molecule has 2 aromatic rings. The van der Waals surface area contributed by atoms with Crippen LogP contribution in [0.2, 0.25) is 0 Å². The number of aromatic nitrogens is 4. The molecule has 0 saturated carbocycles. The molecule has 11 heteroatoms. The van der Waals surface area contributed by atoms with Crippen molar-refractivity contribution >= 4 is 16.9 Å². The van der Waals surface area contributed by atoms with Crippen LogP contribution >= 0.6 is 0 Å². The molecule has 2 unspecified atom stereocenters. The molecule has 0 spiro atoms. The molecule has 0 aromatic carbocycles. The van der Waals surface area contributed by atoms with Crippen molar-refractivity contribution in [3.05, 3.63) is 33.9 Å². The molecule has 0 fully saturated rings. The summed E-state index contributed by atoms with van der Waals surface area (Å²) < 4.78 is 27.3. The van der Waals surface area contributed by atoms with Gasteiger partial charge in [0.1, 0.15) is 6.20 Å². The third-order valence-corrected chi connectivity index (χ3v) is 3.39. The summed E-state index contributed by atoms with van der Waals surface area (Å²) in [6, 6.07) is 0. The average molecular weight is 301 g/mol. The normalized spacial score (nSPS) is 14.2. The summed E-state index contributed by atoms with van der Waals surface area (Å²) in [5, 5.41) is 16.9. The highest BCUT2D eigenvalue weighted by atomic mass is 32.2. The lowest BCUT2D eigenvalue weighted by atomic mass is 10.4. The first kappa shape index (κ1) is 14.3. The second-order valence-corrected chi connectivity index (χ2v) is 4.82. The Hall–Kier alpha value is -2.14. The lowest BCUT2D eigenvalue weighted by Crippen LogP contribution is -2.15. The van der Waals surface area contributed by atoms with E-state index in [1.165, 1.54) is 11.5 Å². The Labute approximate surface area is 115 Å². The number of hydrogen-bond acceptors (Lipinski definition) is 7. The fraction of sp³-hybridized carbons (Fsp3) is 0.444. The number of aryl methyl sites for hydroxylation is 1. The Balaban J connectivity index is 2.56. The molecular weight excluding hydrogens is 290 g/mol. The van der Waals surface area contributed by atoms with Crippen molar-refractivity contribution in [2.24, 2.45) is 0 Å². The minimum atomic E-state index is -2.41. The van der Waals surface area contributed by atoms with E-state index in [2.05, 4.69) is 15.2 Å². The van der Waals surface area contributed by atoms with Crippen molar-refractivity contribution in [2.75, 3.05) is 0 Å². The van der Waals surface area contributed by atoms with Crippen LogP contribution < -0.4 is 0 Å². The van der Waals surface area contributed by atoms with Gasteiger partial charge < -0.3 is 19.1 Å². The molecule has 2 aromatic heterocycles. The first-order chi connectivity index (χ1) is 9.45. The number of nitro groups is 1. The second kappa shape index (κ2) is 5.46. The van der Waals surface area contributed by atoms with Crippen LogP contribution in [0.25, 0.3) is 0 Å². The monoisotopic (exact) mass is 301 g/mol. The van der Waals surface area contributed by atoms with Gasteiger partial charge in [0.05, 0.1) is 6.54 Å². The first-order valence-electron chi connectivity index (χ1n) is 5.55. The van der Waals surface area contributed by atoms with Gasteiger partial charge in [-0.25, -0.2) is 13.8 Å². The Kier molecular flexibility index (Phi) is 3.90. The maximum atomic E-state index is 11.5. The van der Waals surface area contributed by atoms with E-state index in [1.54, 1.807) is 6.92 Å². The van der Waals surface area contributed by atoms with Crippen molar-refractivity contribution in [3.63, 3.8) is 0 Å². The molecule has 2 atom stereocenters. The lowest BCUT2D eigenvalue weighted by molar-refractivity contribution is -0.392. The zero-order valence-corrected chi connectivity index (χ0v) is 11.4. The van der Waals surface area contributed by atoms with E-state index in [0.717, 1.165) is 6.20 Å². The molecule has 2 rings (SSSR count). The number of rotatable bonds is 5. The molecule has 20 heavy (non-hydrogen) atoms. The van der Waals surface area contributed by atoms with Crippen molar-refractivity contribution < 1.29 is 18.1 Å². The molecule has 0 aliphatic rings. The smallest absolute Gasteiger partial charge is 0.342 e. The predicted molar refractivity (Wildman–Crippen MR) is 66.2 cm³/mol. The van der Waals surface area contributed by atoms with E-state index in [4.69, 9.17) is 4.42 Å². The summed E-state index contributed by atoms with van der Waals surface area (Å²) in [7, 11) is 0. The molecule has 108 valence electrons. The fourth-order valence-electron chi connectivity index (χ4n) is 1.76. The first-order valence-corrected chi connectivity index (χ1v) is 6.72. The van der Waals surface area contributed by atoms with Gasteiger partial charge in [0.25, 0.3) is 0 Å². The van der Waals surface area contributed by atoms with Gasteiger partial charge in [-0.3, -0.25) is 0 Å². The maximum absolute atomic E-state index is 11.5. The Morgan fingerprint density at radius 2 is 2.30 bits per heavy atom. The van der Waals surface area contributed by atoms with E-state index in [0.29, 0.717) is 0 Å². The summed E-state index contributed by atoms with van der Waals surface area (Å²) in [6.07, 6.45) is 1.03. The van der Waals surface area contributed by atoms with Gasteiger partial charge in [-0.15, -0.1) is 10.2 Å². The minimum absolute atomic E-state index is 0.0312. The molecule has 2 heterocycles. The summed E-state index contributed by atoms with van der Waals surface area (Å²) in [4.78, 5) is 14.1. The van der Waals surface area contributed by atoms with Gasteiger partial charge in [-0.2, -0.15) is 0 Å². The van der Waals surface area contributed by atoms with Crippen LogP contribution in [0.3, 0.4) is 0 Å². The standard InChI is InChI=1S/C9H11N5O5S/c1-3-13-6(14(15)16)4-10-8(13)7(20(17)18)9-12-11-5(2)19-9/h4,7H,3H2,1-2H3,(H,17,18). The van der Waals surface area contributed by atoms with Crippen LogP contribution in [0.5, 0.6) is 0 Å². The van der Waals surface area contributed by atoms with Crippen molar-refractivity contribution in [3.8, 4) is 0 Å². The lowest BCUT2D eigenvalue weighted by Gasteiger charge is -2.07. The largest absolute Gasteiger partial charge is 0.424 e. The van der Waals surface area contributed by atoms with E-state index in [1.807, 2.05) is 0 Å². The molecule has 0 aliphatic heterocycles. The van der Waals surface area contributed by atoms with Crippen LogP contribution in [-0.4, -0.2) is 33.4 Å². The summed E-state index contributed by atoms with van der Waals surface area (Å²) in [5.41, 5.74) is 0. The quantitative estimate of drug-likeness (QED) is 0.486. The van der Waals surface area contributed by atoms with Crippen LogP contribution in [0.4, 0.5) is 5.82 Å². The van der Waals surface area contributed by atoms with Gasteiger partial charge in [-0.05, 0) is 11.8 Å². The predicted octanol–water partition coefficient (Wildman–Crippen LogP) is 0.814. The molecule has 0 saturated heterocycles. The van der Waals surface area contributed by atoms with E-state index < -0.39 is 21.3 Å². The van der Waals surface area contributed by atoms with Crippen molar-refractivity contribution in [1.29, 1.82) is 0 Å². The highest BCUT2D eigenvalue weighted by Gasteiger charge is 2.35. The summed E-state index contributed by atoms with van der Waals surface area (Å²) in [6.45, 7) is 3.41. The SMILES string of the molecule is CCn1c([N+](=O)[O-])cnc1C(c1nnc(C)o1)S(=O)O. The molecular formula is C9H11N5O5S. The molecule has 0 radical (unpaired) electrons. The Bertz CT molecular complexity index is 665. The van der Waals surface area contributed by atoms with Gasteiger partial charge in [-0.1, -0.05) is 0 Å². The molecule has 0 bridgehead atoms. The molecule has 1 N–H and O–H groups in total. The Morgan fingerprint density at radius 3 is 2.75 bits per heavy atom. The average Bonchev–Trinajstić information content (AvgIpc) is 2.96. The van der Waals surface area contributed by atoms with Gasteiger partial charge in [0.15, 0.2) is 11.1 Å². The number of imidazole rings is 1. The summed E-state index contributed by atoms with van der Waals surface area (Å²) >= 11 is -2.41. The van der Waals surface area contributed by atoms with E-state index in [9.17, 15) is 18.9 Å². The van der Waals surface area contributed by atoms with Crippen molar-refractivity contribution in [1.82, 2.24) is 19.7 Å². The van der Waals surface area contributed by atoms with Gasteiger partial charge in [0, 0.05) is 6.92 Å². The van der Waals surface area contributed by atoms with Crippen LogP contribution in [0, 0.1) is 17.0 Å². The second-order valence-electron chi connectivity index (χ2n) is 3.79. The number of hydrogen-bond donors (Lipinski definition) is 1. The topological polar surface area (TPSA) is 137 Å². The fourth-order valence-corrected chi connectivity index (χ4v) is 2.40. The highest BCUT2D eigenvalue weighted by Crippen LogP contribution is 2.28. The highest BCUT2D eigenvalue weighted by molar-refractivity contribution is 7.79. The van der Waals surface area contributed by atoms with E-state index >= 15 is 0 Å². The third kappa shape index (κ3) is 2.44. The molecule has 0 amide bonds. The van der Waals surface area contributed by atoms with Crippen molar-refractivity contribution in [2.45, 2.75) is 25.6 Å². The minimum Gasteiger partial charge on any atom is -0.424 e.